The molecule has 0 spiro atoms. The molecule has 6 nitrogen and oxygen atoms in total. The predicted molar refractivity (Wildman–Crippen MR) is 95.8 cm³/mol. The van der Waals surface area contributed by atoms with Crippen molar-refractivity contribution < 1.29 is 0 Å². The van der Waals surface area contributed by atoms with E-state index in [0.717, 1.165) is 13.0 Å². The van der Waals surface area contributed by atoms with E-state index >= 15 is 0 Å². The van der Waals surface area contributed by atoms with Gasteiger partial charge in [0, 0.05) is 11.3 Å². The van der Waals surface area contributed by atoms with E-state index in [4.69, 9.17) is 11.6 Å². The van der Waals surface area contributed by atoms with Crippen molar-refractivity contribution in [3.05, 3.63) is 5.28 Å². The van der Waals surface area contributed by atoms with Gasteiger partial charge in [-0.05, 0) is 37.8 Å². The summed E-state index contributed by atoms with van der Waals surface area (Å²) in [4.78, 5) is 14.9. The molecule has 1 aromatic heterocycles. The van der Waals surface area contributed by atoms with Crippen LogP contribution < -0.4 is 10.2 Å². The molecular formula is C15H23ClN6S. The smallest absolute Gasteiger partial charge is 0.233 e. The van der Waals surface area contributed by atoms with Crippen molar-refractivity contribution in [3.63, 3.8) is 0 Å². The fourth-order valence-electron chi connectivity index (χ4n) is 2.54. The van der Waals surface area contributed by atoms with Gasteiger partial charge < -0.3 is 10.2 Å². The Kier molecular flexibility index (Phi) is 5.58. The number of nitrogens with zero attached hydrogens (tertiary/aromatic N) is 5. The second kappa shape index (κ2) is 7.10. The highest BCUT2D eigenvalue weighted by Crippen LogP contribution is 2.46. The lowest BCUT2D eigenvalue weighted by Crippen LogP contribution is -2.42. The average molecular weight is 355 g/mol. The first-order valence-corrected chi connectivity index (χ1v) is 9.05. The Labute approximate surface area is 147 Å². The summed E-state index contributed by atoms with van der Waals surface area (Å²) in [5.74, 6) is 1.38. The van der Waals surface area contributed by atoms with Crippen molar-refractivity contribution in [2.45, 2.75) is 57.2 Å². The molecule has 126 valence electrons. The van der Waals surface area contributed by atoms with E-state index in [2.05, 4.69) is 61.0 Å². The van der Waals surface area contributed by atoms with Crippen molar-refractivity contribution in [3.8, 4) is 6.07 Å². The fraction of sp³-hybridized carbons (Fsp3) is 0.733. The van der Waals surface area contributed by atoms with Crippen molar-refractivity contribution >= 4 is 35.3 Å². The second-order valence-corrected chi connectivity index (χ2v) is 8.70. The number of nitrogens with one attached hydrogen (secondary N) is 1. The number of aromatic nitrogens is 3. The van der Waals surface area contributed by atoms with E-state index in [9.17, 15) is 5.26 Å². The molecule has 1 fully saturated rings. The van der Waals surface area contributed by atoms with Crippen LogP contribution in [-0.2, 0) is 0 Å². The number of halogens is 1. The largest absolute Gasteiger partial charge is 0.354 e. The lowest BCUT2D eigenvalue weighted by molar-refractivity contribution is 0.587. The van der Waals surface area contributed by atoms with Crippen LogP contribution in [0.3, 0.4) is 0 Å². The monoisotopic (exact) mass is 354 g/mol. The summed E-state index contributed by atoms with van der Waals surface area (Å²) >= 11 is 7.85. The minimum Gasteiger partial charge on any atom is -0.354 e. The van der Waals surface area contributed by atoms with Crippen LogP contribution in [0.4, 0.5) is 11.9 Å². The van der Waals surface area contributed by atoms with Crippen LogP contribution in [0.2, 0.25) is 5.28 Å². The first-order chi connectivity index (χ1) is 10.8. The molecule has 2 atom stereocenters. The van der Waals surface area contributed by atoms with Crippen molar-refractivity contribution in [1.29, 1.82) is 5.26 Å². The molecule has 1 N–H and O–H groups in total. The Bertz CT molecular complexity index is 600. The molecule has 0 aliphatic carbocycles. The third-order valence-corrected chi connectivity index (χ3v) is 5.49. The highest BCUT2D eigenvalue weighted by Gasteiger charge is 2.48. The topological polar surface area (TPSA) is 77.7 Å². The van der Waals surface area contributed by atoms with E-state index in [1.54, 1.807) is 11.8 Å². The predicted octanol–water partition coefficient (Wildman–Crippen LogP) is 3.55. The van der Waals surface area contributed by atoms with Gasteiger partial charge in [-0.25, -0.2) is 0 Å². The summed E-state index contributed by atoms with van der Waals surface area (Å²) in [6.07, 6.45) is 0.893. The van der Waals surface area contributed by atoms with Gasteiger partial charge in [0.05, 0.1) is 11.4 Å². The van der Waals surface area contributed by atoms with Crippen LogP contribution in [0.1, 0.15) is 41.0 Å². The molecule has 1 saturated heterocycles. The van der Waals surface area contributed by atoms with E-state index in [-0.39, 0.29) is 21.4 Å². The SMILES string of the molecule is CCC1SC(C)(C)C(C#N)N1c1nc(Cl)nc(NCC(C)C)n1. The molecule has 2 heterocycles. The number of hydrogen-bond donors (Lipinski definition) is 1. The molecule has 23 heavy (non-hydrogen) atoms. The number of hydrogen-bond acceptors (Lipinski definition) is 7. The Morgan fingerprint density at radius 1 is 1.39 bits per heavy atom. The van der Waals surface area contributed by atoms with Gasteiger partial charge in [-0.1, -0.05) is 20.8 Å². The van der Waals surface area contributed by atoms with Crippen molar-refractivity contribution in [2.75, 3.05) is 16.8 Å². The van der Waals surface area contributed by atoms with Crippen LogP contribution in [0, 0.1) is 17.2 Å². The standard InChI is InChI=1S/C15H23ClN6S/c1-6-11-22(10(7-17)15(4,5)23-11)14-20-12(16)19-13(21-14)18-8-9(2)3/h9-11H,6,8H2,1-5H3,(H,18,19,20,21). The molecular weight excluding hydrogens is 332 g/mol. The van der Waals surface area contributed by atoms with Crippen LogP contribution >= 0.6 is 23.4 Å². The Morgan fingerprint density at radius 3 is 2.65 bits per heavy atom. The number of rotatable bonds is 5. The summed E-state index contributed by atoms with van der Waals surface area (Å²) in [6, 6.07) is 2.09. The number of nitriles is 1. The molecule has 2 unspecified atom stereocenters. The van der Waals surface area contributed by atoms with Gasteiger partial charge in [0.15, 0.2) is 0 Å². The highest BCUT2D eigenvalue weighted by atomic mass is 35.5. The van der Waals surface area contributed by atoms with E-state index in [1.165, 1.54) is 0 Å². The molecule has 8 heteroatoms. The van der Waals surface area contributed by atoms with Crippen LogP contribution in [0.15, 0.2) is 0 Å². The first-order valence-electron chi connectivity index (χ1n) is 7.79. The summed E-state index contributed by atoms with van der Waals surface area (Å²) < 4.78 is -0.194. The molecule has 0 radical (unpaired) electrons. The maximum atomic E-state index is 9.64. The van der Waals surface area contributed by atoms with Crippen LogP contribution in [-0.4, -0.2) is 37.7 Å². The van der Waals surface area contributed by atoms with Gasteiger partial charge in [-0.3, -0.25) is 0 Å². The maximum absolute atomic E-state index is 9.64. The van der Waals surface area contributed by atoms with Crippen LogP contribution in [0.25, 0.3) is 0 Å². The molecule has 0 bridgehead atoms. The highest BCUT2D eigenvalue weighted by molar-refractivity contribution is 8.01. The molecule has 1 aromatic rings. The lowest BCUT2D eigenvalue weighted by atomic mass is 10.0. The van der Waals surface area contributed by atoms with E-state index < -0.39 is 0 Å². The quantitative estimate of drug-likeness (QED) is 0.866. The zero-order chi connectivity index (χ0) is 17.2. The third-order valence-electron chi connectivity index (χ3n) is 3.65. The fourth-order valence-corrected chi connectivity index (χ4v) is 4.19. The molecule has 0 aromatic carbocycles. The number of thioether (sulfide) groups is 1. The summed E-state index contributed by atoms with van der Waals surface area (Å²) in [7, 11) is 0. The lowest BCUT2D eigenvalue weighted by Gasteiger charge is -2.27. The third kappa shape index (κ3) is 3.99. The van der Waals surface area contributed by atoms with Crippen molar-refractivity contribution in [1.82, 2.24) is 15.0 Å². The van der Waals surface area contributed by atoms with E-state index in [1.807, 2.05) is 4.90 Å². The van der Waals surface area contributed by atoms with Crippen LogP contribution in [0.5, 0.6) is 0 Å². The molecule has 2 rings (SSSR count). The summed E-state index contributed by atoms with van der Waals surface area (Å²) in [5.41, 5.74) is 0. The zero-order valence-corrected chi connectivity index (χ0v) is 15.7. The molecule has 1 aliphatic rings. The Balaban J connectivity index is 2.37. The maximum Gasteiger partial charge on any atom is 0.233 e. The minimum absolute atomic E-state index is 0.141. The van der Waals surface area contributed by atoms with Gasteiger partial charge in [-0.2, -0.15) is 20.2 Å². The summed E-state index contributed by atoms with van der Waals surface area (Å²) in [6.45, 7) is 11.2. The van der Waals surface area contributed by atoms with E-state index in [0.29, 0.717) is 17.8 Å². The Morgan fingerprint density at radius 2 is 2.09 bits per heavy atom. The second-order valence-electron chi connectivity index (χ2n) is 6.53. The van der Waals surface area contributed by atoms with Crippen molar-refractivity contribution in [2.24, 2.45) is 5.92 Å². The minimum atomic E-state index is -0.311. The van der Waals surface area contributed by atoms with Gasteiger partial charge in [-0.15, -0.1) is 11.8 Å². The number of anilines is 2. The van der Waals surface area contributed by atoms with Gasteiger partial charge in [0.2, 0.25) is 17.2 Å². The molecule has 0 amide bonds. The van der Waals surface area contributed by atoms with Gasteiger partial charge >= 0.3 is 0 Å². The molecule has 0 saturated carbocycles. The summed E-state index contributed by atoms with van der Waals surface area (Å²) in [5, 5.41) is 13.1. The zero-order valence-electron chi connectivity index (χ0n) is 14.2. The molecule has 1 aliphatic heterocycles. The average Bonchev–Trinajstić information content (AvgIpc) is 2.74. The van der Waals surface area contributed by atoms with Gasteiger partial charge in [0.1, 0.15) is 6.04 Å². The Hall–Kier alpha value is -1.26. The normalized spacial score (nSPS) is 23.1. The van der Waals surface area contributed by atoms with Gasteiger partial charge in [0.25, 0.3) is 0 Å². The first kappa shape index (κ1) is 18.1.